The van der Waals surface area contributed by atoms with Crippen molar-refractivity contribution in [3.63, 3.8) is 0 Å². The number of carbonyl (C=O) groups is 2. The lowest BCUT2D eigenvalue weighted by molar-refractivity contribution is -0.151. The van der Waals surface area contributed by atoms with Crippen LogP contribution in [-0.4, -0.2) is 33.3 Å². The van der Waals surface area contributed by atoms with Crippen LogP contribution in [0.15, 0.2) is 12.3 Å². The molecule has 0 aliphatic heterocycles. The van der Waals surface area contributed by atoms with Gasteiger partial charge < -0.3 is 10.4 Å². The van der Waals surface area contributed by atoms with E-state index in [1.165, 1.54) is 0 Å². The van der Waals surface area contributed by atoms with Crippen molar-refractivity contribution in [3.8, 4) is 0 Å². The van der Waals surface area contributed by atoms with E-state index in [9.17, 15) is 9.59 Å². The van der Waals surface area contributed by atoms with Crippen LogP contribution in [0, 0.1) is 11.3 Å². The second-order valence-electron chi connectivity index (χ2n) is 5.62. The minimum atomic E-state index is -1.09. The van der Waals surface area contributed by atoms with E-state index in [0.29, 0.717) is 13.0 Å². The summed E-state index contributed by atoms with van der Waals surface area (Å²) in [6.07, 6.45) is 2.31. The Kier molecular flexibility index (Phi) is 4.69. The summed E-state index contributed by atoms with van der Waals surface area (Å²) in [4.78, 5) is 23.1. The van der Waals surface area contributed by atoms with Gasteiger partial charge in [0, 0.05) is 31.9 Å². The number of amides is 1. The van der Waals surface area contributed by atoms with Gasteiger partial charge in [-0.2, -0.15) is 5.10 Å². The number of carboxylic acid groups (broad SMARTS) is 1. The van der Waals surface area contributed by atoms with Crippen LogP contribution in [0.1, 0.15) is 26.5 Å². The molecule has 0 spiro atoms. The number of aromatic nitrogens is 2. The Labute approximate surface area is 112 Å². The molecule has 19 heavy (non-hydrogen) atoms. The molecule has 106 valence electrons. The van der Waals surface area contributed by atoms with Crippen LogP contribution >= 0.6 is 0 Å². The lowest BCUT2D eigenvalue weighted by Crippen LogP contribution is -2.43. The number of rotatable bonds is 5. The summed E-state index contributed by atoms with van der Waals surface area (Å²) in [7, 11) is 1.83. The maximum Gasteiger partial charge on any atom is 0.316 e. The number of aryl methyl sites for hydroxylation is 1. The van der Waals surface area contributed by atoms with Crippen LogP contribution in [-0.2, 0) is 23.1 Å². The first kappa shape index (κ1) is 15.2. The van der Waals surface area contributed by atoms with Crippen LogP contribution in [0.4, 0.5) is 0 Å². The summed E-state index contributed by atoms with van der Waals surface area (Å²) < 4.78 is 1.73. The highest BCUT2D eigenvalue weighted by Gasteiger charge is 2.37. The van der Waals surface area contributed by atoms with Gasteiger partial charge in [-0.3, -0.25) is 14.3 Å². The fourth-order valence-electron chi connectivity index (χ4n) is 1.94. The minimum Gasteiger partial charge on any atom is -0.481 e. The number of nitrogens with one attached hydrogen (secondary N) is 1. The van der Waals surface area contributed by atoms with Crippen molar-refractivity contribution in [2.45, 2.75) is 27.2 Å². The lowest BCUT2D eigenvalue weighted by atomic mass is 9.80. The molecule has 1 aromatic heterocycles. The molecule has 0 aromatic carbocycles. The van der Waals surface area contributed by atoms with E-state index in [1.807, 2.05) is 13.1 Å². The average molecular weight is 267 g/mol. The van der Waals surface area contributed by atoms with E-state index in [-0.39, 0.29) is 0 Å². The van der Waals surface area contributed by atoms with Gasteiger partial charge in [-0.05, 0) is 11.5 Å². The first-order valence-corrected chi connectivity index (χ1v) is 6.21. The number of nitrogens with zero attached hydrogens (tertiary/aromatic N) is 2. The Morgan fingerprint density at radius 2 is 2.11 bits per heavy atom. The topological polar surface area (TPSA) is 84.2 Å². The fraction of sp³-hybridized carbons (Fsp3) is 0.615. The van der Waals surface area contributed by atoms with Gasteiger partial charge in [0.05, 0.1) is 0 Å². The van der Waals surface area contributed by atoms with Crippen molar-refractivity contribution in [1.29, 1.82) is 0 Å². The number of carboxylic acids is 1. The van der Waals surface area contributed by atoms with Gasteiger partial charge in [0.15, 0.2) is 0 Å². The molecule has 1 heterocycles. The summed E-state index contributed by atoms with van der Waals surface area (Å²) in [5.74, 6) is -2.58. The van der Waals surface area contributed by atoms with E-state index < -0.39 is 23.2 Å². The minimum absolute atomic E-state index is 0.401. The van der Waals surface area contributed by atoms with Crippen LogP contribution in [0.2, 0.25) is 0 Å². The highest BCUT2D eigenvalue weighted by molar-refractivity contribution is 5.97. The number of hydrogen-bond acceptors (Lipinski definition) is 3. The Hall–Kier alpha value is -1.85. The monoisotopic (exact) mass is 267 g/mol. The van der Waals surface area contributed by atoms with Crippen LogP contribution in [0.3, 0.4) is 0 Å². The molecule has 0 bridgehead atoms. The predicted octanol–water partition coefficient (Wildman–Crippen LogP) is 0.826. The first-order valence-electron chi connectivity index (χ1n) is 6.21. The first-order chi connectivity index (χ1) is 8.73. The standard InChI is InChI=1S/C13H21N3O3/c1-13(2,3)10(12(18)19)11(17)14-7-5-9-6-8-15-16(9)4/h6,8,10H,5,7H2,1-4H3,(H,14,17)(H,18,19). The third-order valence-corrected chi connectivity index (χ3v) is 2.98. The molecule has 1 amide bonds. The van der Waals surface area contributed by atoms with Crippen molar-refractivity contribution in [2.24, 2.45) is 18.4 Å². The van der Waals surface area contributed by atoms with Crippen LogP contribution < -0.4 is 5.32 Å². The number of hydrogen-bond donors (Lipinski definition) is 2. The zero-order valence-corrected chi connectivity index (χ0v) is 11.8. The summed E-state index contributed by atoms with van der Waals surface area (Å²) in [5, 5.41) is 15.8. The second-order valence-corrected chi connectivity index (χ2v) is 5.62. The molecule has 0 aliphatic rings. The molecule has 1 unspecified atom stereocenters. The smallest absolute Gasteiger partial charge is 0.316 e. The largest absolute Gasteiger partial charge is 0.481 e. The maximum absolute atomic E-state index is 11.9. The second kappa shape index (κ2) is 5.86. The van der Waals surface area contributed by atoms with E-state index >= 15 is 0 Å². The van der Waals surface area contributed by atoms with E-state index in [1.54, 1.807) is 31.6 Å². The zero-order valence-electron chi connectivity index (χ0n) is 11.8. The van der Waals surface area contributed by atoms with Gasteiger partial charge in [0.25, 0.3) is 0 Å². The third-order valence-electron chi connectivity index (χ3n) is 2.98. The Morgan fingerprint density at radius 3 is 2.53 bits per heavy atom. The van der Waals surface area contributed by atoms with Gasteiger partial charge in [-0.15, -0.1) is 0 Å². The molecule has 1 aromatic rings. The molecule has 0 radical (unpaired) electrons. The summed E-state index contributed by atoms with van der Waals surface area (Å²) >= 11 is 0. The summed E-state index contributed by atoms with van der Waals surface area (Å²) in [6.45, 7) is 5.63. The molecule has 1 atom stereocenters. The predicted molar refractivity (Wildman–Crippen MR) is 70.5 cm³/mol. The van der Waals surface area contributed by atoms with Crippen molar-refractivity contribution in [2.75, 3.05) is 6.54 Å². The van der Waals surface area contributed by atoms with Crippen molar-refractivity contribution in [1.82, 2.24) is 15.1 Å². The van der Waals surface area contributed by atoms with E-state index in [0.717, 1.165) is 5.69 Å². The molecule has 0 fully saturated rings. The molecule has 6 nitrogen and oxygen atoms in total. The maximum atomic E-state index is 11.9. The highest BCUT2D eigenvalue weighted by Crippen LogP contribution is 2.26. The van der Waals surface area contributed by atoms with Crippen LogP contribution in [0.25, 0.3) is 0 Å². The molecular weight excluding hydrogens is 246 g/mol. The van der Waals surface area contributed by atoms with Gasteiger partial charge in [-0.1, -0.05) is 20.8 Å². The highest BCUT2D eigenvalue weighted by atomic mass is 16.4. The summed E-state index contributed by atoms with van der Waals surface area (Å²) in [5.41, 5.74) is 0.380. The molecular formula is C13H21N3O3. The fourth-order valence-corrected chi connectivity index (χ4v) is 1.94. The van der Waals surface area contributed by atoms with Gasteiger partial charge in [0.2, 0.25) is 5.91 Å². The molecule has 0 aliphatic carbocycles. The quantitative estimate of drug-likeness (QED) is 0.774. The van der Waals surface area contributed by atoms with Crippen molar-refractivity contribution < 1.29 is 14.7 Å². The Morgan fingerprint density at radius 1 is 1.47 bits per heavy atom. The van der Waals surface area contributed by atoms with Gasteiger partial charge in [0.1, 0.15) is 5.92 Å². The van der Waals surface area contributed by atoms with E-state index in [4.69, 9.17) is 5.11 Å². The Balaban J connectivity index is 2.55. The molecule has 0 saturated heterocycles. The Bertz CT molecular complexity index is 460. The third kappa shape index (κ3) is 4.08. The zero-order chi connectivity index (χ0) is 14.6. The van der Waals surface area contributed by atoms with Gasteiger partial charge in [-0.25, -0.2) is 0 Å². The molecule has 6 heteroatoms. The molecule has 0 saturated carbocycles. The normalized spacial score (nSPS) is 13.1. The summed E-state index contributed by atoms with van der Waals surface area (Å²) in [6, 6.07) is 1.87. The van der Waals surface area contributed by atoms with Crippen molar-refractivity contribution >= 4 is 11.9 Å². The average Bonchev–Trinajstić information content (AvgIpc) is 2.61. The SMILES string of the molecule is Cn1nccc1CCNC(=O)C(C(=O)O)C(C)(C)C. The van der Waals surface area contributed by atoms with Crippen LogP contribution in [0.5, 0.6) is 0 Å². The lowest BCUT2D eigenvalue weighted by Gasteiger charge is -2.25. The number of aliphatic carboxylic acids is 1. The molecule has 2 N–H and O–H groups in total. The van der Waals surface area contributed by atoms with E-state index in [2.05, 4.69) is 10.4 Å². The van der Waals surface area contributed by atoms with Crippen molar-refractivity contribution in [3.05, 3.63) is 18.0 Å². The number of carbonyl (C=O) groups excluding carboxylic acids is 1. The molecule has 1 rings (SSSR count). The van der Waals surface area contributed by atoms with Gasteiger partial charge >= 0.3 is 5.97 Å².